The van der Waals surface area contributed by atoms with Crippen LogP contribution in [-0.4, -0.2) is 35.3 Å². The van der Waals surface area contributed by atoms with E-state index in [-0.39, 0.29) is 0 Å². The van der Waals surface area contributed by atoms with Gasteiger partial charge in [-0.3, -0.25) is 4.98 Å². The molecule has 2 aromatic heterocycles. The molecule has 0 aliphatic rings. The number of aryl methyl sites for hydroxylation is 1. The van der Waals surface area contributed by atoms with E-state index in [0.29, 0.717) is 11.5 Å². The zero-order valence-electron chi connectivity index (χ0n) is 14.3. The summed E-state index contributed by atoms with van der Waals surface area (Å²) in [6.07, 6.45) is 3.53. The lowest BCUT2D eigenvalue weighted by Gasteiger charge is -2.03. The minimum absolute atomic E-state index is 0.626. The molecule has 0 radical (unpaired) electrons. The van der Waals surface area contributed by atoms with Gasteiger partial charge in [0.15, 0.2) is 5.82 Å². The van der Waals surface area contributed by atoms with Crippen molar-refractivity contribution in [2.75, 3.05) is 14.1 Å². The highest BCUT2D eigenvalue weighted by Crippen LogP contribution is 2.20. The Labute approximate surface area is 155 Å². The molecule has 0 bridgehead atoms. The second kappa shape index (κ2) is 7.45. The van der Waals surface area contributed by atoms with Gasteiger partial charge in [0.2, 0.25) is 0 Å². The number of aromatic nitrogens is 2. The minimum atomic E-state index is 0.626. The van der Waals surface area contributed by atoms with Crippen molar-refractivity contribution in [3.05, 3.63) is 64.0 Å². The van der Waals surface area contributed by atoms with E-state index in [0.717, 1.165) is 26.5 Å². The Morgan fingerprint density at radius 2 is 1.96 bits per heavy atom. The van der Waals surface area contributed by atoms with Gasteiger partial charge in [-0.1, -0.05) is 12.0 Å². The number of rotatable bonds is 2. The smallest absolute Gasteiger partial charge is 0.155 e. The van der Waals surface area contributed by atoms with E-state index in [1.165, 1.54) is 0 Å². The third kappa shape index (κ3) is 4.23. The van der Waals surface area contributed by atoms with Crippen LogP contribution in [0, 0.1) is 18.8 Å². The van der Waals surface area contributed by atoms with Crippen LogP contribution in [0.25, 0.3) is 10.8 Å². The first kappa shape index (κ1) is 17.1. The average Bonchev–Trinajstić information content (AvgIpc) is 2.60. The van der Waals surface area contributed by atoms with Gasteiger partial charge in [-0.25, -0.2) is 9.98 Å². The molecule has 25 heavy (non-hydrogen) atoms. The number of hydrogen-bond acceptors (Lipinski definition) is 3. The zero-order chi connectivity index (χ0) is 17.8. The van der Waals surface area contributed by atoms with Gasteiger partial charge in [-0.15, -0.1) is 0 Å². The summed E-state index contributed by atoms with van der Waals surface area (Å²) in [6, 6.07) is 11.9. The SMILES string of the molecule is Cc1nccc2cc(C#Cc3nc(/N=C/N(C)C)ccc3Br)ccc12. The molecule has 4 nitrogen and oxygen atoms in total. The first-order valence-corrected chi connectivity index (χ1v) is 8.57. The quantitative estimate of drug-likeness (QED) is 0.370. The zero-order valence-corrected chi connectivity index (χ0v) is 15.9. The molecule has 1 aromatic carbocycles. The number of nitrogens with zero attached hydrogens (tertiary/aromatic N) is 4. The van der Waals surface area contributed by atoms with E-state index in [2.05, 4.69) is 54.9 Å². The van der Waals surface area contributed by atoms with Crippen molar-refractivity contribution >= 4 is 38.9 Å². The molecule has 0 amide bonds. The summed E-state index contributed by atoms with van der Waals surface area (Å²) in [7, 11) is 3.83. The second-order valence-corrected chi connectivity index (χ2v) is 6.64. The normalized spacial score (nSPS) is 10.7. The lowest BCUT2D eigenvalue weighted by Crippen LogP contribution is -2.07. The Bertz CT molecular complexity index is 1010. The van der Waals surface area contributed by atoms with Crippen LogP contribution in [0.5, 0.6) is 0 Å². The first-order valence-electron chi connectivity index (χ1n) is 7.77. The maximum atomic E-state index is 4.48. The standard InChI is InChI=1S/C20H17BrN4/c1-14-17-6-4-15(12-16(17)10-11-22-14)5-8-19-18(21)7-9-20(24-19)23-13-25(2)3/h4,6-7,9-13H,1-3H3/b23-13+. The molecule has 3 aromatic rings. The molecule has 0 unspecified atom stereocenters. The number of benzene rings is 1. The Morgan fingerprint density at radius 3 is 2.76 bits per heavy atom. The summed E-state index contributed by atoms with van der Waals surface area (Å²) < 4.78 is 0.852. The molecular formula is C20H17BrN4. The van der Waals surface area contributed by atoms with Crippen molar-refractivity contribution in [3.63, 3.8) is 0 Å². The van der Waals surface area contributed by atoms with Crippen LogP contribution in [0.1, 0.15) is 17.0 Å². The highest BCUT2D eigenvalue weighted by Gasteiger charge is 2.01. The largest absolute Gasteiger partial charge is 0.369 e. The Morgan fingerprint density at radius 1 is 1.12 bits per heavy atom. The Hall–Kier alpha value is -2.71. The number of aliphatic imine (C=N–C) groups is 1. The van der Waals surface area contributed by atoms with Gasteiger partial charge < -0.3 is 4.90 Å². The summed E-state index contributed by atoms with van der Waals surface area (Å²) in [6.45, 7) is 2.01. The van der Waals surface area contributed by atoms with E-state index in [4.69, 9.17) is 0 Å². The van der Waals surface area contributed by atoms with Crippen LogP contribution in [-0.2, 0) is 0 Å². The number of pyridine rings is 2. The molecule has 2 heterocycles. The number of halogens is 1. The molecule has 0 N–H and O–H groups in total. The molecule has 0 saturated heterocycles. The van der Waals surface area contributed by atoms with Gasteiger partial charge in [0, 0.05) is 36.9 Å². The molecular weight excluding hydrogens is 376 g/mol. The van der Waals surface area contributed by atoms with Crippen molar-refractivity contribution in [2.45, 2.75) is 6.92 Å². The maximum Gasteiger partial charge on any atom is 0.155 e. The molecule has 0 aliphatic carbocycles. The van der Waals surface area contributed by atoms with Crippen molar-refractivity contribution in [2.24, 2.45) is 4.99 Å². The van der Waals surface area contributed by atoms with E-state index < -0.39 is 0 Å². The molecule has 0 saturated carbocycles. The fourth-order valence-corrected chi connectivity index (χ4v) is 2.62. The fourth-order valence-electron chi connectivity index (χ4n) is 2.30. The number of hydrogen-bond donors (Lipinski definition) is 0. The monoisotopic (exact) mass is 392 g/mol. The van der Waals surface area contributed by atoms with E-state index in [9.17, 15) is 0 Å². The molecule has 0 atom stereocenters. The van der Waals surface area contributed by atoms with Crippen molar-refractivity contribution in [1.29, 1.82) is 0 Å². The van der Waals surface area contributed by atoms with E-state index in [1.807, 2.05) is 56.4 Å². The molecule has 0 aliphatic heterocycles. The summed E-state index contributed by atoms with van der Waals surface area (Å²) in [5, 5.41) is 2.28. The van der Waals surface area contributed by atoms with Crippen LogP contribution < -0.4 is 0 Å². The summed E-state index contributed by atoms with van der Waals surface area (Å²) >= 11 is 3.50. The van der Waals surface area contributed by atoms with Gasteiger partial charge in [0.1, 0.15) is 5.69 Å². The molecule has 3 rings (SSSR count). The Kier molecular flexibility index (Phi) is 5.11. The van der Waals surface area contributed by atoms with Crippen LogP contribution in [0.15, 0.2) is 52.1 Å². The van der Waals surface area contributed by atoms with Gasteiger partial charge in [-0.05, 0) is 64.5 Å². The van der Waals surface area contributed by atoms with Crippen LogP contribution in [0.2, 0.25) is 0 Å². The molecule has 5 heteroatoms. The topological polar surface area (TPSA) is 41.4 Å². The van der Waals surface area contributed by atoms with Crippen molar-refractivity contribution in [3.8, 4) is 11.8 Å². The van der Waals surface area contributed by atoms with E-state index in [1.54, 1.807) is 6.34 Å². The van der Waals surface area contributed by atoms with Crippen LogP contribution in [0.4, 0.5) is 5.82 Å². The van der Waals surface area contributed by atoms with Crippen molar-refractivity contribution in [1.82, 2.24) is 14.9 Å². The molecule has 0 fully saturated rings. The molecule has 0 spiro atoms. The van der Waals surface area contributed by atoms with Gasteiger partial charge in [0.25, 0.3) is 0 Å². The third-order valence-corrected chi connectivity index (χ3v) is 4.18. The van der Waals surface area contributed by atoms with E-state index >= 15 is 0 Å². The van der Waals surface area contributed by atoms with Crippen LogP contribution in [0.3, 0.4) is 0 Å². The predicted molar refractivity (Wildman–Crippen MR) is 106 cm³/mol. The Balaban J connectivity index is 1.94. The van der Waals surface area contributed by atoms with Gasteiger partial charge in [0.05, 0.1) is 10.8 Å². The lowest BCUT2D eigenvalue weighted by molar-refractivity contribution is 0.643. The average molecular weight is 393 g/mol. The lowest BCUT2D eigenvalue weighted by atomic mass is 10.1. The second-order valence-electron chi connectivity index (χ2n) is 5.79. The minimum Gasteiger partial charge on any atom is -0.369 e. The highest BCUT2D eigenvalue weighted by atomic mass is 79.9. The van der Waals surface area contributed by atoms with Gasteiger partial charge >= 0.3 is 0 Å². The number of fused-ring (bicyclic) bond motifs is 1. The summed E-state index contributed by atoms with van der Waals surface area (Å²) in [5.74, 6) is 6.93. The highest BCUT2D eigenvalue weighted by molar-refractivity contribution is 9.10. The fraction of sp³-hybridized carbons (Fsp3) is 0.150. The predicted octanol–water partition coefficient (Wildman–Crippen LogP) is 4.32. The maximum absolute atomic E-state index is 4.48. The van der Waals surface area contributed by atoms with Crippen LogP contribution >= 0.6 is 15.9 Å². The summed E-state index contributed by atoms with van der Waals surface area (Å²) in [4.78, 5) is 15.0. The van der Waals surface area contributed by atoms with Crippen molar-refractivity contribution < 1.29 is 0 Å². The van der Waals surface area contributed by atoms with Gasteiger partial charge in [-0.2, -0.15) is 0 Å². The first-order chi connectivity index (χ1) is 12.0. The molecule has 124 valence electrons. The summed E-state index contributed by atoms with van der Waals surface area (Å²) in [5.41, 5.74) is 2.63. The third-order valence-electron chi connectivity index (χ3n) is 3.54.